The molecule has 6 heteroatoms. The molecular weight excluding hydrogens is 330 g/mol. The number of methoxy groups -OCH3 is 2. The van der Waals surface area contributed by atoms with Crippen molar-refractivity contribution in [2.45, 2.75) is 13.2 Å². The number of guanidine groups is 1. The topological polar surface area (TPSA) is 64.1 Å². The summed E-state index contributed by atoms with van der Waals surface area (Å²) in [6, 6.07) is 15.9. The minimum atomic E-state index is 0.595. The summed E-state index contributed by atoms with van der Waals surface area (Å²) in [5.74, 6) is 2.26. The first-order valence-corrected chi connectivity index (χ1v) is 8.54. The molecule has 140 valence electrons. The first-order chi connectivity index (χ1) is 12.8. The first-order valence-electron chi connectivity index (χ1n) is 8.54. The lowest BCUT2D eigenvalue weighted by atomic mass is 10.2. The molecule has 2 aromatic rings. The molecule has 0 fully saturated rings. The van der Waals surface area contributed by atoms with E-state index in [-0.39, 0.29) is 0 Å². The van der Waals surface area contributed by atoms with E-state index in [2.05, 4.69) is 27.8 Å². The molecule has 0 aliphatic carbocycles. The fourth-order valence-corrected chi connectivity index (χ4v) is 2.40. The van der Waals surface area contributed by atoms with Crippen molar-refractivity contribution in [1.29, 1.82) is 0 Å². The smallest absolute Gasteiger partial charge is 0.191 e. The molecule has 2 rings (SSSR count). The van der Waals surface area contributed by atoms with Crippen LogP contribution in [0.1, 0.15) is 11.1 Å². The molecule has 0 aliphatic rings. The van der Waals surface area contributed by atoms with Crippen molar-refractivity contribution < 1.29 is 14.2 Å². The predicted molar refractivity (Wildman–Crippen MR) is 104 cm³/mol. The van der Waals surface area contributed by atoms with E-state index in [1.54, 1.807) is 21.3 Å². The number of nitrogens with one attached hydrogen (secondary N) is 2. The summed E-state index contributed by atoms with van der Waals surface area (Å²) in [5.41, 5.74) is 2.19. The van der Waals surface area contributed by atoms with Gasteiger partial charge in [0.05, 0.1) is 27.4 Å². The van der Waals surface area contributed by atoms with Gasteiger partial charge in [-0.2, -0.15) is 0 Å². The second kappa shape index (κ2) is 11.0. The number of rotatable bonds is 9. The Labute approximate surface area is 155 Å². The van der Waals surface area contributed by atoms with Crippen molar-refractivity contribution in [1.82, 2.24) is 10.6 Å². The lowest BCUT2D eigenvalue weighted by Gasteiger charge is -2.14. The van der Waals surface area contributed by atoms with Crippen LogP contribution in [0.4, 0.5) is 0 Å². The predicted octanol–water partition coefficient (Wildman–Crippen LogP) is 2.59. The summed E-state index contributed by atoms with van der Waals surface area (Å²) in [7, 11) is 5.03. The molecule has 0 aromatic heterocycles. The molecule has 0 spiro atoms. The highest BCUT2D eigenvalue weighted by molar-refractivity contribution is 5.79. The lowest BCUT2D eigenvalue weighted by molar-refractivity contribution is 0.125. The summed E-state index contributed by atoms with van der Waals surface area (Å²) in [5, 5.41) is 6.50. The first kappa shape index (κ1) is 19.6. The van der Waals surface area contributed by atoms with E-state index in [4.69, 9.17) is 14.2 Å². The van der Waals surface area contributed by atoms with E-state index in [1.165, 1.54) is 5.56 Å². The van der Waals surface area contributed by atoms with Gasteiger partial charge in [-0.1, -0.05) is 30.3 Å². The number of hydrogen-bond acceptors (Lipinski definition) is 4. The molecule has 26 heavy (non-hydrogen) atoms. The molecule has 0 radical (unpaired) electrons. The van der Waals surface area contributed by atoms with Crippen LogP contribution >= 0.6 is 0 Å². The molecule has 2 aromatic carbocycles. The van der Waals surface area contributed by atoms with Gasteiger partial charge in [0.25, 0.3) is 0 Å². The van der Waals surface area contributed by atoms with Crippen LogP contribution in [0.2, 0.25) is 0 Å². The average molecular weight is 357 g/mol. The Balaban J connectivity index is 1.72. The van der Waals surface area contributed by atoms with Crippen LogP contribution in [0.3, 0.4) is 0 Å². The lowest BCUT2D eigenvalue weighted by Crippen LogP contribution is -2.38. The van der Waals surface area contributed by atoms with Crippen LogP contribution < -0.4 is 20.1 Å². The monoisotopic (exact) mass is 357 g/mol. The Bertz CT molecular complexity index is 690. The summed E-state index contributed by atoms with van der Waals surface area (Å²) < 4.78 is 16.3. The molecule has 0 unspecified atom stereocenters. The molecule has 0 aliphatic heterocycles. The number of nitrogens with zero attached hydrogens (tertiary/aromatic N) is 1. The van der Waals surface area contributed by atoms with Crippen LogP contribution in [0.25, 0.3) is 0 Å². The zero-order valence-corrected chi connectivity index (χ0v) is 15.6. The number of benzene rings is 2. The van der Waals surface area contributed by atoms with Crippen molar-refractivity contribution in [3.05, 3.63) is 59.7 Å². The molecule has 0 atom stereocenters. The van der Waals surface area contributed by atoms with Crippen LogP contribution in [0.5, 0.6) is 11.5 Å². The van der Waals surface area contributed by atoms with E-state index in [0.29, 0.717) is 32.3 Å². The maximum atomic E-state index is 5.66. The van der Waals surface area contributed by atoms with E-state index >= 15 is 0 Å². The number of aliphatic imine (C=N–C) groups is 1. The highest BCUT2D eigenvalue weighted by atomic mass is 16.5. The molecule has 0 heterocycles. The van der Waals surface area contributed by atoms with Gasteiger partial charge in [0.15, 0.2) is 5.96 Å². The third-order valence-corrected chi connectivity index (χ3v) is 3.81. The largest absolute Gasteiger partial charge is 0.497 e. The third kappa shape index (κ3) is 6.29. The SMILES string of the molecule is CN=C(NCCOCc1ccccc1)NCc1ccc(OC)cc1OC. The van der Waals surface area contributed by atoms with Gasteiger partial charge in [-0.25, -0.2) is 0 Å². The van der Waals surface area contributed by atoms with Gasteiger partial charge in [-0.3, -0.25) is 4.99 Å². The highest BCUT2D eigenvalue weighted by Gasteiger charge is 2.06. The summed E-state index contributed by atoms with van der Waals surface area (Å²) in [6.45, 7) is 2.48. The zero-order chi connectivity index (χ0) is 18.6. The van der Waals surface area contributed by atoms with Gasteiger partial charge in [-0.15, -0.1) is 0 Å². The van der Waals surface area contributed by atoms with E-state index in [0.717, 1.165) is 17.1 Å². The maximum absolute atomic E-state index is 5.66. The van der Waals surface area contributed by atoms with Crippen LogP contribution in [-0.2, 0) is 17.9 Å². The van der Waals surface area contributed by atoms with Gasteiger partial charge < -0.3 is 24.8 Å². The van der Waals surface area contributed by atoms with Gasteiger partial charge in [0.1, 0.15) is 11.5 Å². The molecule has 0 amide bonds. The molecular formula is C20H27N3O3. The molecule has 0 saturated carbocycles. The molecule has 0 saturated heterocycles. The minimum absolute atomic E-state index is 0.595. The zero-order valence-electron chi connectivity index (χ0n) is 15.6. The van der Waals surface area contributed by atoms with Gasteiger partial charge in [0, 0.05) is 31.8 Å². The minimum Gasteiger partial charge on any atom is -0.497 e. The fourth-order valence-electron chi connectivity index (χ4n) is 2.40. The van der Waals surface area contributed by atoms with E-state index in [9.17, 15) is 0 Å². The van der Waals surface area contributed by atoms with Crippen LogP contribution in [-0.4, -0.2) is 40.4 Å². The van der Waals surface area contributed by atoms with Gasteiger partial charge in [0.2, 0.25) is 0 Å². The molecule has 0 bridgehead atoms. The Morgan fingerprint density at radius 3 is 2.50 bits per heavy atom. The fraction of sp³-hybridized carbons (Fsp3) is 0.350. The van der Waals surface area contributed by atoms with E-state index < -0.39 is 0 Å². The third-order valence-electron chi connectivity index (χ3n) is 3.81. The van der Waals surface area contributed by atoms with Crippen molar-refractivity contribution >= 4 is 5.96 Å². The quantitative estimate of drug-likeness (QED) is 0.410. The summed E-state index contributed by atoms with van der Waals surface area (Å²) in [4.78, 5) is 4.22. The van der Waals surface area contributed by atoms with Gasteiger partial charge in [-0.05, 0) is 17.7 Å². The highest BCUT2D eigenvalue weighted by Crippen LogP contribution is 2.24. The Hall–Kier alpha value is -2.73. The van der Waals surface area contributed by atoms with Crippen molar-refractivity contribution in [2.75, 3.05) is 34.4 Å². The van der Waals surface area contributed by atoms with Gasteiger partial charge >= 0.3 is 0 Å². The number of ether oxygens (including phenoxy) is 3. The second-order valence-corrected chi connectivity index (χ2v) is 5.57. The molecule has 6 nitrogen and oxygen atoms in total. The van der Waals surface area contributed by atoms with E-state index in [1.807, 2.05) is 36.4 Å². The maximum Gasteiger partial charge on any atom is 0.191 e. The standard InChI is InChI=1S/C20H27N3O3/c1-21-20(22-11-12-26-15-16-7-5-4-6-8-16)23-14-17-9-10-18(24-2)13-19(17)25-3/h4-10,13H,11-12,14-15H2,1-3H3,(H2,21,22,23). The second-order valence-electron chi connectivity index (χ2n) is 5.57. The van der Waals surface area contributed by atoms with Crippen molar-refractivity contribution in [3.63, 3.8) is 0 Å². The van der Waals surface area contributed by atoms with Crippen LogP contribution in [0, 0.1) is 0 Å². The number of hydrogen-bond donors (Lipinski definition) is 2. The Morgan fingerprint density at radius 2 is 1.81 bits per heavy atom. The Morgan fingerprint density at radius 1 is 1.00 bits per heavy atom. The summed E-state index contributed by atoms with van der Waals surface area (Å²) >= 11 is 0. The van der Waals surface area contributed by atoms with Crippen molar-refractivity contribution in [3.8, 4) is 11.5 Å². The average Bonchev–Trinajstić information content (AvgIpc) is 2.70. The Kier molecular flexibility index (Phi) is 8.29. The van der Waals surface area contributed by atoms with Crippen LogP contribution in [0.15, 0.2) is 53.5 Å². The van der Waals surface area contributed by atoms with Crippen molar-refractivity contribution in [2.24, 2.45) is 4.99 Å². The normalized spacial score (nSPS) is 11.1. The summed E-state index contributed by atoms with van der Waals surface area (Å²) in [6.07, 6.45) is 0. The molecule has 2 N–H and O–H groups in total.